The minimum Gasteiger partial charge on any atom is -0.282 e. The van der Waals surface area contributed by atoms with Gasteiger partial charge in [-0.3, -0.25) is 10.1 Å². The first-order chi connectivity index (χ1) is 10.6. The van der Waals surface area contributed by atoms with Crippen LogP contribution in [0.1, 0.15) is 25.1 Å². The second-order valence-electron chi connectivity index (χ2n) is 6.13. The van der Waals surface area contributed by atoms with Gasteiger partial charge in [0.05, 0.1) is 5.69 Å². The van der Waals surface area contributed by atoms with E-state index in [0.717, 1.165) is 23.5 Å². The number of hydrogen-bond donors (Lipinski definition) is 1. The number of nitrogens with one attached hydrogen (secondary N) is 1. The molecule has 0 aliphatic rings. The third-order valence-electron chi connectivity index (χ3n) is 3.67. The summed E-state index contributed by atoms with van der Waals surface area (Å²) in [6.45, 7) is 6.49. The molecule has 0 saturated heterocycles. The van der Waals surface area contributed by atoms with Crippen LogP contribution in [0, 0.1) is 12.8 Å². The predicted octanol–water partition coefficient (Wildman–Crippen LogP) is 4.65. The van der Waals surface area contributed by atoms with Gasteiger partial charge in [0, 0.05) is 17.5 Å². The molecule has 0 unspecified atom stereocenters. The van der Waals surface area contributed by atoms with Gasteiger partial charge in [0.1, 0.15) is 5.69 Å². The lowest BCUT2D eigenvalue weighted by Gasteiger charge is -2.13. The van der Waals surface area contributed by atoms with E-state index in [1.54, 1.807) is 0 Å². The number of nitrogens with zero attached hydrogens (tertiary/aromatic N) is 2. The fraction of sp³-hybridized carbons (Fsp3) is 0.263. The van der Waals surface area contributed by atoms with Crippen molar-refractivity contribution in [3.63, 3.8) is 0 Å². The molecular formula is C19H21N3. The van der Waals surface area contributed by atoms with Crippen molar-refractivity contribution in [1.82, 2.24) is 15.2 Å². The number of benzene rings is 1. The monoisotopic (exact) mass is 291 g/mol. The Bertz CT molecular complexity index is 757. The van der Waals surface area contributed by atoms with E-state index in [4.69, 9.17) is 0 Å². The highest BCUT2D eigenvalue weighted by Gasteiger charge is 2.11. The number of rotatable bonds is 4. The number of pyridine rings is 1. The molecule has 2 aromatic heterocycles. The maximum Gasteiger partial charge on any atom is 0.111 e. The van der Waals surface area contributed by atoms with Crippen molar-refractivity contribution in [2.75, 3.05) is 0 Å². The van der Waals surface area contributed by atoms with Gasteiger partial charge >= 0.3 is 0 Å². The van der Waals surface area contributed by atoms with E-state index in [2.05, 4.69) is 59.4 Å². The van der Waals surface area contributed by atoms with Gasteiger partial charge in [0.15, 0.2) is 0 Å². The molecule has 3 nitrogen and oxygen atoms in total. The lowest BCUT2D eigenvalue weighted by Crippen LogP contribution is -1.99. The first-order valence-corrected chi connectivity index (χ1v) is 7.70. The van der Waals surface area contributed by atoms with Crippen molar-refractivity contribution < 1.29 is 0 Å². The lowest BCUT2D eigenvalue weighted by atomic mass is 9.94. The fourth-order valence-electron chi connectivity index (χ4n) is 2.67. The van der Waals surface area contributed by atoms with Gasteiger partial charge in [-0.05, 0) is 42.5 Å². The summed E-state index contributed by atoms with van der Waals surface area (Å²) < 4.78 is 0. The quantitative estimate of drug-likeness (QED) is 0.760. The van der Waals surface area contributed by atoms with Gasteiger partial charge in [-0.15, -0.1) is 0 Å². The molecule has 2 heterocycles. The van der Waals surface area contributed by atoms with Crippen molar-refractivity contribution >= 4 is 0 Å². The van der Waals surface area contributed by atoms with Crippen molar-refractivity contribution in [3.8, 4) is 22.5 Å². The molecule has 1 N–H and O–H groups in total. The number of aromatic nitrogens is 3. The molecule has 3 rings (SSSR count). The van der Waals surface area contributed by atoms with Crippen molar-refractivity contribution in [1.29, 1.82) is 0 Å². The Kier molecular flexibility index (Phi) is 4.05. The molecule has 0 spiro atoms. The second kappa shape index (κ2) is 6.14. The van der Waals surface area contributed by atoms with E-state index < -0.39 is 0 Å². The van der Waals surface area contributed by atoms with E-state index in [1.165, 1.54) is 16.7 Å². The third-order valence-corrected chi connectivity index (χ3v) is 3.67. The van der Waals surface area contributed by atoms with Crippen LogP contribution in [0.5, 0.6) is 0 Å². The summed E-state index contributed by atoms with van der Waals surface area (Å²) >= 11 is 0. The fourth-order valence-corrected chi connectivity index (χ4v) is 2.67. The summed E-state index contributed by atoms with van der Waals surface area (Å²) in [7, 11) is 0. The Balaban J connectivity index is 2.07. The van der Waals surface area contributed by atoms with Crippen LogP contribution in [0.25, 0.3) is 22.5 Å². The molecule has 1 aromatic carbocycles. The number of H-pyrrole nitrogens is 1. The van der Waals surface area contributed by atoms with Crippen LogP contribution >= 0.6 is 0 Å². The highest BCUT2D eigenvalue weighted by atomic mass is 15.1. The summed E-state index contributed by atoms with van der Waals surface area (Å²) in [5.41, 5.74) is 6.64. The largest absolute Gasteiger partial charge is 0.282 e. The van der Waals surface area contributed by atoms with Gasteiger partial charge in [-0.1, -0.05) is 44.2 Å². The zero-order valence-electron chi connectivity index (χ0n) is 13.3. The van der Waals surface area contributed by atoms with Gasteiger partial charge in [-0.2, -0.15) is 5.10 Å². The number of hydrogen-bond acceptors (Lipinski definition) is 2. The molecule has 22 heavy (non-hydrogen) atoms. The Morgan fingerprint density at radius 3 is 2.45 bits per heavy atom. The maximum absolute atomic E-state index is 4.62. The highest BCUT2D eigenvalue weighted by Crippen LogP contribution is 2.28. The Hall–Kier alpha value is -2.42. The minimum atomic E-state index is 0.596. The number of aryl methyl sites for hydroxylation is 1. The molecule has 0 atom stereocenters. The molecule has 112 valence electrons. The molecule has 0 bridgehead atoms. The Morgan fingerprint density at radius 2 is 1.82 bits per heavy atom. The van der Waals surface area contributed by atoms with Crippen LogP contribution in [0.3, 0.4) is 0 Å². The Morgan fingerprint density at radius 1 is 1.05 bits per heavy atom. The molecule has 0 saturated carbocycles. The lowest BCUT2D eigenvalue weighted by molar-refractivity contribution is 0.648. The zero-order chi connectivity index (χ0) is 15.5. The van der Waals surface area contributed by atoms with Crippen molar-refractivity contribution in [2.24, 2.45) is 5.92 Å². The van der Waals surface area contributed by atoms with E-state index in [-0.39, 0.29) is 0 Å². The maximum atomic E-state index is 4.62. The summed E-state index contributed by atoms with van der Waals surface area (Å²) in [6, 6.07) is 14.7. The van der Waals surface area contributed by atoms with Crippen LogP contribution in [-0.2, 0) is 6.42 Å². The molecular weight excluding hydrogens is 270 g/mol. The van der Waals surface area contributed by atoms with E-state index in [9.17, 15) is 0 Å². The van der Waals surface area contributed by atoms with Crippen LogP contribution < -0.4 is 0 Å². The highest BCUT2D eigenvalue weighted by molar-refractivity contribution is 5.69. The summed E-state index contributed by atoms with van der Waals surface area (Å²) in [5, 5.41) is 7.30. The van der Waals surface area contributed by atoms with Crippen LogP contribution in [-0.4, -0.2) is 15.2 Å². The number of aromatic amines is 1. The smallest absolute Gasteiger partial charge is 0.111 e. The summed E-state index contributed by atoms with van der Waals surface area (Å²) in [6.07, 6.45) is 3.01. The third kappa shape index (κ3) is 3.08. The van der Waals surface area contributed by atoms with Crippen LogP contribution in [0.4, 0.5) is 0 Å². The predicted molar refractivity (Wildman–Crippen MR) is 90.5 cm³/mol. The molecule has 0 amide bonds. The van der Waals surface area contributed by atoms with Crippen molar-refractivity contribution in [3.05, 3.63) is 59.9 Å². The SMILES string of the molecule is Cc1cc(-c2cc(CC(C)C)c(-c3ccccc3)cn2)n[nH]1. The molecule has 0 aliphatic carbocycles. The van der Waals surface area contributed by atoms with E-state index in [1.807, 2.05) is 25.3 Å². The molecule has 0 aliphatic heterocycles. The van der Waals surface area contributed by atoms with Crippen molar-refractivity contribution in [2.45, 2.75) is 27.2 Å². The van der Waals surface area contributed by atoms with Gasteiger partial charge in [-0.25, -0.2) is 0 Å². The zero-order valence-corrected chi connectivity index (χ0v) is 13.3. The van der Waals surface area contributed by atoms with Gasteiger partial charge in [0.25, 0.3) is 0 Å². The average molecular weight is 291 g/mol. The standard InChI is InChI=1S/C19H21N3/c1-13(2)9-16-11-18(19-10-14(3)21-22-19)20-12-17(16)15-7-5-4-6-8-15/h4-8,10-13H,9H2,1-3H3,(H,21,22). The second-order valence-corrected chi connectivity index (χ2v) is 6.13. The normalized spacial score (nSPS) is 11.1. The topological polar surface area (TPSA) is 41.6 Å². The minimum absolute atomic E-state index is 0.596. The first-order valence-electron chi connectivity index (χ1n) is 7.70. The average Bonchev–Trinajstić information content (AvgIpc) is 2.94. The first kappa shape index (κ1) is 14.5. The molecule has 0 radical (unpaired) electrons. The molecule has 3 aromatic rings. The van der Waals surface area contributed by atoms with Gasteiger partial charge < -0.3 is 0 Å². The summed E-state index contributed by atoms with van der Waals surface area (Å²) in [5.74, 6) is 0.596. The van der Waals surface area contributed by atoms with E-state index in [0.29, 0.717) is 5.92 Å². The van der Waals surface area contributed by atoms with Crippen LogP contribution in [0.2, 0.25) is 0 Å². The van der Waals surface area contributed by atoms with E-state index >= 15 is 0 Å². The molecule has 0 fully saturated rings. The van der Waals surface area contributed by atoms with Crippen LogP contribution in [0.15, 0.2) is 48.7 Å². The van der Waals surface area contributed by atoms with Gasteiger partial charge in [0.2, 0.25) is 0 Å². The molecule has 3 heteroatoms. The Labute approximate surface area is 131 Å². The summed E-state index contributed by atoms with van der Waals surface area (Å²) in [4.78, 5) is 4.62.